The first-order valence-corrected chi connectivity index (χ1v) is 12.8. The number of hydrogen-bond acceptors (Lipinski definition) is 3. The molecule has 4 aliphatic rings. The Morgan fingerprint density at radius 3 is 2.77 bits per heavy atom. The van der Waals surface area contributed by atoms with E-state index in [1.807, 2.05) is 0 Å². The minimum Gasteiger partial charge on any atom is -0.469 e. The predicted molar refractivity (Wildman–Crippen MR) is 121 cm³/mol. The van der Waals surface area contributed by atoms with E-state index >= 15 is 0 Å². The van der Waals surface area contributed by atoms with Crippen molar-refractivity contribution in [2.45, 2.75) is 103 Å². The highest BCUT2D eigenvalue weighted by Gasteiger charge is 2.57. The summed E-state index contributed by atoms with van der Waals surface area (Å²) < 4.78 is 4.83. The van der Waals surface area contributed by atoms with Crippen LogP contribution in [0.3, 0.4) is 0 Å². The maximum absolute atomic E-state index is 11.5. The van der Waals surface area contributed by atoms with Gasteiger partial charge in [-0.15, -0.1) is 0 Å². The van der Waals surface area contributed by atoms with Crippen LogP contribution >= 0.6 is 0 Å². The quantitative estimate of drug-likeness (QED) is 0.408. The Kier molecular flexibility index (Phi) is 6.41. The molecule has 0 bridgehead atoms. The Hall–Kier alpha value is -0.830. The van der Waals surface area contributed by atoms with Crippen molar-refractivity contribution in [3.63, 3.8) is 0 Å². The smallest absolute Gasteiger partial charge is 0.305 e. The van der Waals surface area contributed by atoms with E-state index in [9.17, 15) is 9.90 Å². The Labute approximate surface area is 184 Å². The second-order valence-corrected chi connectivity index (χ2v) is 11.5. The molecule has 4 aliphatic carbocycles. The van der Waals surface area contributed by atoms with Crippen molar-refractivity contribution in [1.82, 2.24) is 0 Å². The fourth-order valence-corrected chi connectivity index (χ4v) is 8.51. The van der Waals surface area contributed by atoms with E-state index in [1.54, 1.807) is 5.57 Å². The molecule has 4 rings (SSSR count). The molecule has 0 spiro atoms. The first-order valence-electron chi connectivity index (χ1n) is 12.8. The monoisotopic (exact) mass is 416 g/mol. The van der Waals surface area contributed by atoms with E-state index in [1.165, 1.54) is 45.6 Å². The summed E-state index contributed by atoms with van der Waals surface area (Å²) in [5, 5.41) is 10.9. The average molecular weight is 417 g/mol. The summed E-state index contributed by atoms with van der Waals surface area (Å²) in [6.07, 6.45) is 16.1. The van der Waals surface area contributed by atoms with E-state index in [0.29, 0.717) is 17.8 Å². The summed E-state index contributed by atoms with van der Waals surface area (Å²) in [5.74, 6) is 4.78. The minimum absolute atomic E-state index is 0.0644. The number of carbonyl (C=O) groups is 1. The normalized spacial score (nSPS) is 43.8. The van der Waals surface area contributed by atoms with Crippen molar-refractivity contribution >= 4 is 5.97 Å². The second-order valence-electron chi connectivity index (χ2n) is 11.5. The molecule has 170 valence electrons. The van der Waals surface area contributed by atoms with Crippen LogP contribution in [0.5, 0.6) is 0 Å². The van der Waals surface area contributed by atoms with Gasteiger partial charge in [0.15, 0.2) is 0 Å². The summed E-state index contributed by atoms with van der Waals surface area (Å²) in [6, 6.07) is 0. The molecule has 0 saturated heterocycles. The van der Waals surface area contributed by atoms with Crippen LogP contribution in [-0.4, -0.2) is 23.8 Å². The number of esters is 1. The lowest BCUT2D eigenvalue weighted by molar-refractivity contribution is -0.140. The molecule has 3 saturated carbocycles. The molecule has 0 aromatic heterocycles. The molecule has 3 heteroatoms. The Morgan fingerprint density at radius 2 is 2.03 bits per heavy atom. The molecule has 0 aromatic carbocycles. The molecule has 3 nitrogen and oxygen atoms in total. The highest BCUT2D eigenvalue weighted by molar-refractivity contribution is 5.68. The summed E-state index contributed by atoms with van der Waals surface area (Å²) in [4.78, 5) is 11.5. The summed E-state index contributed by atoms with van der Waals surface area (Å²) in [7, 11) is 1.49. The lowest BCUT2D eigenvalue weighted by atomic mass is 9.50. The SMILES string of the molecule is CC[C@]1(O)CC[C@H]2C(=CC[C@@H]3[C@@H]2CC[C@]2(C)[C@@H]([C@H](C)CCCC(=O)OC)CC[C@@H]32)C1. The van der Waals surface area contributed by atoms with Gasteiger partial charge < -0.3 is 9.84 Å². The van der Waals surface area contributed by atoms with Crippen molar-refractivity contribution in [2.75, 3.05) is 7.11 Å². The molecule has 1 N–H and O–H groups in total. The molecular weight excluding hydrogens is 372 g/mol. The van der Waals surface area contributed by atoms with Gasteiger partial charge in [-0.05, 0) is 112 Å². The highest BCUT2D eigenvalue weighted by Crippen LogP contribution is 2.65. The van der Waals surface area contributed by atoms with E-state index in [-0.39, 0.29) is 5.97 Å². The van der Waals surface area contributed by atoms with Crippen molar-refractivity contribution in [3.05, 3.63) is 11.6 Å². The van der Waals surface area contributed by atoms with E-state index < -0.39 is 5.60 Å². The Bertz CT molecular complexity index is 669. The van der Waals surface area contributed by atoms with Crippen LogP contribution in [0.2, 0.25) is 0 Å². The standard InChI is InChI=1S/C27H44O3/c1-5-27(29)16-14-20-19(17-27)9-10-22-21(20)13-15-26(3)23(11-12-24(22)26)18(2)7-6-8-25(28)30-4/h9,18,20-24,29H,5-8,10-17H2,1-4H3/t18-,20+,21-,22-,23-,24+,26-,27+/m1/s1. The van der Waals surface area contributed by atoms with E-state index in [2.05, 4.69) is 26.8 Å². The number of hydrogen-bond donors (Lipinski definition) is 1. The number of aliphatic hydroxyl groups is 1. The number of ether oxygens (including phenoxy) is 1. The molecular formula is C27H44O3. The molecule has 8 atom stereocenters. The Balaban J connectivity index is 1.43. The highest BCUT2D eigenvalue weighted by atomic mass is 16.5. The predicted octanol–water partition coefficient (Wildman–Crippen LogP) is 6.30. The van der Waals surface area contributed by atoms with Gasteiger partial charge in [-0.2, -0.15) is 0 Å². The van der Waals surface area contributed by atoms with Gasteiger partial charge in [-0.1, -0.05) is 32.4 Å². The zero-order valence-corrected chi connectivity index (χ0v) is 19.8. The van der Waals surface area contributed by atoms with Crippen LogP contribution < -0.4 is 0 Å². The first kappa shape index (κ1) is 22.4. The van der Waals surface area contributed by atoms with Crippen LogP contribution in [0.1, 0.15) is 97.8 Å². The van der Waals surface area contributed by atoms with Gasteiger partial charge in [0, 0.05) is 6.42 Å². The van der Waals surface area contributed by atoms with Crippen LogP contribution in [0.25, 0.3) is 0 Å². The van der Waals surface area contributed by atoms with E-state index in [0.717, 1.165) is 61.7 Å². The number of methoxy groups -OCH3 is 1. The fourth-order valence-electron chi connectivity index (χ4n) is 8.51. The molecule has 3 fully saturated rings. The zero-order chi connectivity index (χ0) is 21.5. The molecule has 0 unspecified atom stereocenters. The van der Waals surface area contributed by atoms with Crippen molar-refractivity contribution in [1.29, 1.82) is 0 Å². The maximum atomic E-state index is 11.5. The van der Waals surface area contributed by atoms with Gasteiger partial charge in [-0.25, -0.2) is 0 Å². The van der Waals surface area contributed by atoms with Gasteiger partial charge in [-0.3, -0.25) is 4.79 Å². The first-order chi connectivity index (χ1) is 14.3. The van der Waals surface area contributed by atoms with Crippen molar-refractivity contribution in [3.8, 4) is 0 Å². The zero-order valence-electron chi connectivity index (χ0n) is 19.8. The van der Waals surface area contributed by atoms with Gasteiger partial charge in [0.2, 0.25) is 0 Å². The Morgan fingerprint density at radius 1 is 1.23 bits per heavy atom. The number of carbonyl (C=O) groups excluding carboxylic acids is 1. The van der Waals surface area contributed by atoms with Gasteiger partial charge in [0.05, 0.1) is 12.7 Å². The fraction of sp³-hybridized carbons (Fsp3) is 0.889. The minimum atomic E-state index is -0.434. The molecule has 30 heavy (non-hydrogen) atoms. The van der Waals surface area contributed by atoms with Crippen LogP contribution in [0.15, 0.2) is 11.6 Å². The molecule has 0 radical (unpaired) electrons. The van der Waals surface area contributed by atoms with Gasteiger partial charge in [0.1, 0.15) is 0 Å². The number of rotatable bonds is 6. The third-order valence-electron chi connectivity index (χ3n) is 10.3. The van der Waals surface area contributed by atoms with Crippen molar-refractivity contribution < 1.29 is 14.6 Å². The summed E-state index contributed by atoms with van der Waals surface area (Å²) in [6.45, 7) is 7.19. The average Bonchev–Trinajstić information content (AvgIpc) is 3.10. The van der Waals surface area contributed by atoms with Crippen LogP contribution in [0.4, 0.5) is 0 Å². The number of fused-ring (bicyclic) bond motifs is 5. The van der Waals surface area contributed by atoms with E-state index in [4.69, 9.17) is 4.74 Å². The summed E-state index contributed by atoms with van der Waals surface area (Å²) >= 11 is 0. The topological polar surface area (TPSA) is 46.5 Å². The lowest BCUT2D eigenvalue weighted by Gasteiger charge is -2.55. The second kappa shape index (κ2) is 8.60. The van der Waals surface area contributed by atoms with Gasteiger partial charge in [0.25, 0.3) is 0 Å². The summed E-state index contributed by atoms with van der Waals surface area (Å²) in [5.41, 5.74) is 1.65. The lowest BCUT2D eigenvalue weighted by Crippen LogP contribution is -2.48. The van der Waals surface area contributed by atoms with Crippen LogP contribution in [0, 0.1) is 40.9 Å². The molecule has 0 heterocycles. The van der Waals surface area contributed by atoms with Gasteiger partial charge >= 0.3 is 5.97 Å². The third-order valence-corrected chi connectivity index (χ3v) is 10.3. The molecule has 0 aliphatic heterocycles. The van der Waals surface area contributed by atoms with Crippen LogP contribution in [-0.2, 0) is 9.53 Å². The van der Waals surface area contributed by atoms with Crippen molar-refractivity contribution in [2.24, 2.45) is 40.9 Å². The third kappa shape index (κ3) is 3.89. The molecule has 0 amide bonds. The largest absolute Gasteiger partial charge is 0.469 e. The molecule has 0 aromatic rings. The maximum Gasteiger partial charge on any atom is 0.305 e. The number of allylic oxidation sites excluding steroid dienone is 1.